The molecule has 0 fully saturated rings. The Hall–Kier alpha value is -1.64. The number of aliphatic hydroxyl groups is 1. The van der Waals surface area contributed by atoms with Gasteiger partial charge in [-0.2, -0.15) is 0 Å². The van der Waals surface area contributed by atoms with Crippen molar-refractivity contribution >= 4 is 28.8 Å². The fourth-order valence-electron chi connectivity index (χ4n) is 3.82. The molecule has 2 atom stereocenters. The first-order valence-corrected chi connectivity index (χ1v) is 11.8. The Morgan fingerprint density at radius 3 is 2.74 bits per heavy atom. The van der Waals surface area contributed by atoms with E-state index in [-0.39, 0.29) is 31.1 Å². The summed E-state index contributed by atoms with van der Waals surface area (Å²) in [6.07, 6.45) is 0.221. The maximum absolute atomic E-state index is 13.4. The topological polar surface area (TPSA) is 62.2 Å². The number of carbonyl (C=O) groups excluding carboxylic acids is 1. The molecule has 1 aromatic carbocycles. The molecule has 0 radical (unpaired) electrons. The van der Waals surface area contributed by atoms with Gasteiger partial charge in [0.1, 0.15) is 12.4 Å². The molecule has 170 valence electrons. The number of ether oxygens (including phenoxy) is 2. The average Bonchev–Trinajstić information content (AvgIpc) is 3.21. The summed E-state index contributed by atoms with van der Waals surface area (Å²) in [5.74, 6) is 0.769. The summed E-state index contributed by atoms with van der Waals surface area (Å²) in [5.41, 5.74) is 1.16. The van der Waals surface area contributed by atoms with E-state index in [2.05, 4.69) is 11.4 Å². The molecule has 2 heterocycles. The second kappa shape index (κ2) is 11.3. The molecule has 0 saturated carbocycles. The summed E-state index contributed by atoms with van der Waals surface area (Å²) in [5, 5.41) is 12.9. The third-order valence-electron chi connectivity index (χ3n) is 5.51. The minimum Gasteiger partial charge on any atom is -0.491 e. The molecule has 1 N–H and O–H groups in total. The molecule has 0 saturated heterocycles. The Bertz CT molecular complexity index is 842. The molecule has 1 aliphatic heterocycles. The van der Waals surface area contributed by atoms with Crippen molar-refractivity contribution in [3.8, 4) is 5.75 Å². The Balaban J connectivity index is 1.72. The minimum absolute atomic E-state index is 0.0415. The first-order valence-electron chi connectivity index (χ1n) is 10.5. The first kappa shape index (κ1) is 24.0. The van der Waals surface area contributed by atoms with Crippen LogP contribution >= 0.6 is 22.9 Å². The highest BCUT2D eigenvalue weighted by atomic mass is 35.5. The van der Waals surface area contributed by atoms with Crippen molar-refractivity contribution < 1.29 is 19.4 Å². The van der Waals surface area contributed by atoms with Crippen LogP contribution in [-0.4, -0.2) is 72.9 Å². The van der Waals surface area contributed by atoms with Crippen LogP contribution in [0.1, 0.15) is 30.3 Å². The number of rotatable bonds is 10. The molecule has 3 rings (SSSR count). The van der Waals surface area contributed by atoms with E-state index < -0.39 is 6.10 Å². The zero-order valence-corrected chi connectivity index (χ0v) is 19.9. The van der Waals surface area contributed by atoms with Crippen LogP contribution in [0.2, 0.25) is 5.02 Å². The smallest absolute Gasteiger partial charge is 0.237 e. The highest BCUT2D eigenvalue weighted by Gasteiger charge is 2.33. The number of fused-ring (bicyclic) bond motifs is 1. The van der Waals surface area contributed by atoms with E-state index in [1.165, 1.54) is 4.88 Å². The zero-order chi connectivity index (χ0) is 22.4. The molecule has 8 heteroatoms. The summed E-state index contributed by atoms with van der Waals surface area (Å²) in [6.45, 7) is 5.98. The molecular formula is C23H31ClN2O4S. The van der Waals surface area contributed by atoms with Crippen molar-refractivity contribution in [1.29, 1.82) is 0 Å². The lowest BCUT2D eigenvalue weighted by molar-refractivity contribution is -0.137. The van der Waals surface area contributed by atoms with E-state index in [1.54, 1.807) is 30.6 Å². The number of hydrogen-bond donors (Lipinski definition) is 1. The van der Waals surface area contributed by atoms with Crippen LogP contribution in [0.4, 0.5) is 0 Å². The van der Waals surface area contributed by atoms with Crippen LogP contribution in [0.3, 0.4) is 0 Å². The molecule has 0 aliphatic carbocycles. The molecule has 0 spiro atoms. The molecule has 6 nitrogen and oxygen atoms in total. The number of amides is 1. The van der Waals surface area contributed by atoms with Gasteiger partial charge in [0.25, 0.3) is 0 Å². The summed E-state index contributed by atoms with van der Waals surface area (Å²) in [4.78, 5) is 18.6. The van der Waals surface area contributed by atoms with Gasteiger partial charge in [0.05, 0.1) is 25.3 Å². The number of benzene rings is 1. The van der Waals surface area contributed by atoms with Gasteiger partial charge in [-0.3, -0.25) is 9.69 Å². The van der Waals surface area contributed by atoms with Crippen molar-refractivity contribution in [2.75, 3.05) is 40.0 Å². The fourth-order valence-corrected chi connectivity index (χ4v) is 4.87. The van der Waals surface area contributed by atoms with Gasteiger partial charge in [0, 0.05) is 36.1 Å². The Morgan fingerprint density at radius 2 is 2.06 bits per heavy atom. The van der Waals surface area contributed by atoms with E-state index >= 15 is 0 Å². The molecule has 31 heavy (non-hydrogen) atoms. The molecule has 1 aliphatic rings. The zero-order valence-electron chi connectivity index (χ0n) is 18.3. The number of thiophene rings is 1. The van der Waals surface area contributed by atoms with Gasteiger partial charge >= 0.3 is 0 Å². The molecule has 1 aromatic heterocycles. The normalized spacial score (nSPS) is 17.1. The van der Waals surface area contributed by atoms with Gasteiger partial charge in [-0.15, -0.1) is 11.3 Å². The largest absolute Gasteiger partial charge is 0.491 e. The first-order chi connectivity index (χ1) is 14.9. The van der Waals surface area contributed by atoms with Crippen LogP contribution in [0.15, 0.2) is 35.7 Å². The Morgan fingerprint density at radius 1 is 1.32 bits per heavy atom. The van der Waals surface area contributed by atoms with Crippen molar-refractivity contribution in [1.82, 2.24) is 9.80 Å². The van der Waals surface area contributed by atoms with Gasteiger partial charge in [-0.25, -0.2) is 0 Å². The molecule has 0 unspecified atom stereocenters. The van der Waals surface area contributed by atoms with Crippen molar-refractivity contribution in [2.45, 2.75) is 38.5 Å². The lowest BCUT2D eigenvalue weighted by atomic mass is 10.00. The maximum atomic E-state index is 13.4. The molecule has 1 amide bonds. The predicted molar refractivity (Wildman–Crippen MR) is 124 cm³/mol. The van der Waals surface area contributed by atoms with Crippen LogP contribution in [0.5, 0.6) is 5.75 Å². The number of hydrogen-bond acceptors (Lipinski definition) is 6. The Labute approximate surface area is 193 Å². The fraction of sp³-hybridized carbons (Fsp3) is 0.522. The quantitative estimate of drug-likeness (QED) is 0.579. The highest BCUT2D eigenvalue weighted by molar-refractivity contribution is 7.10. The number of methoxy groups -OCH3 is 1. The van der Waals surface area contributed by atoms with Crippen LogP contribution < -0.4 is 4.74 Å². The number of nitrogens with zero attached hydrogens (tertiary/aromatic N) is 2. The highest BCUT2D eigenvalue weighted by Crippen LogP contribution is 2.34. The van der Waals surface area contributed by atoms with Crippen LogP contribution in [-0.2, 0) is 16.0 Å². The summed E-state index contributed by atoms with van der Waals surface area (Å²) in [7, 11) is 1.56. The second-order valence-electron chi connectivity index (χ2n) is 8.05. The van der Waals surface area contributed by atoms with E-state index in [0.29, 0.717) is 24.7 Å². The number of aliphatic hydroxyl groups excluding tert-OH is 1. The third-order valence-corrected chi connectivity index (χ3v) is 6.76. The van der Waals surface area contributed by atoms with Gasteiger partial charge in [-0.1, -0.05) is 11.6 Å². The molecule has 2 aromatic rings. The van der Waals surface area contributed by atoms with Gasteiger partial charge < -0.3 is 19.5 Å². The predicted octanol–water partition coefficient (Wildman–Crippen LogP) is 3.62. The third kappa shape index (κ3) is 6.43. The van der Waals surface area contributed by atoms with E-state index in [4.69, 9.17) is 21.1 Å². The van der Waals surface area contributed by atoms with Crippen LogP contribution in [0, 0.1) is 0 Å². The molecule has 0 bridgehead atoms. The van der Waals surface area contributed by atoms with Gasteiger partial charge in [0.15, 0.2) is 0 Å². The van der Waals surface area contributed by atoms with Crippen LogP contribution in [0.25, 0.3) is 0 Å². The van der Waals surface area contributed by atoms with Crippen molar-refractivity contribution in [2.24, 2.45) is 0 Å². The molecular weight excluding hydrogens is 436 g/mol. The van der Waals surface area contributed by atoms with Gasteiger partial charge in [0.2, 0.25) is 5.91 Å². The minimum atomic E-state index is -0.630. The van der Waals surface area contributed by atoms with E-state index in [0.717, 1.165) is 17.7 Å². The van der Waals surface area contributed by atoms with Crippen molar-refractivity contribution in [3.63, 3.8) is 0 Å². The lowest BCUT2D eigenvalue weighted by Crippen LogP contribution is -2.49. The number of carbonyl (C=O) groups is 1. The van der Waals surface area contributed by atoms with Crippen molar-refractivity contribution in [3.05, 3.63) is 51.2 Å². The standard InChI is InChI=1S/C23H31ClN2O4S/c1-16(2)25(12-18(27)14-29-3)13-23(28)26-10-8-22-20(9-11-31-22)21(26)15-30-19-6-4-17(24)5-7-19/h4-7,9,11,16,18,21,27H,8,10,12-15H2,1-3H3/t18-,21-/m0/s1. The summed E-state index contributed by atoms with van der Waals surface area (Å²) in [6, 6.07) is 9.34. The average molecular weight is 467 g/mol. The second-order valence-corrected chi connectivity index (χ2v) is 9.49. The lowest BCUT2D eigenvalue weighted by Gasteiger charge is -2.38. The van der Waals surface area contributed by atoms with Gasteiger partial charge in [-0.05, 0) is 61.5 Å². The number of halogens is 1. The Kier molecular flexibility index (Phi) is 8.75. The van der Waals surface area contributed by atoms with E-state index in [9.17, 15) is 9.90 Å². The monoisotopic (exact) mass is 466 g/mol. The maximum Gasteiger partial charge on any atom is 0.237 e. The SMILES string of the molecule is COC[C@@H](O)CN(CC(=O)N1CCc2sccc2[C@@H]1COc1ccc(Cl)cc1)C(C)C. The van der Waals surface area contributed by atoms with E-state index in [1.807, 2.05) is 35.8 Å². The summed E-state index contributed by atoms with van der Waals surface area (Å²) >= 11 is 7.70. The summed E-state index contributed by atoms with van der Waals surface area (Å²) < 4.78 is 11.1.